The van der Waals surface area contributed by atoms with E-state index in [1.165, 1.54) is 0 Å². The topological polar surface area (TPSA) is 38.7 Å². The van der Waals surface area contributed by atoms with Gasteiger partial charge >= 0.3 is 5.97 Å². The summed E-state index contributed by atoms with van der Waals surface area (Å²) in [5.41, 5.74) is 0.797. The summed E-state index contributed by atoms with van der Waals surface area (Å²) >= 11 is 0. The van der Waals surface area contributed by atoms with Crippen LogP contribution in [0.4, 0.5) is 0 Å². The molecule has 0 spiro atoms. The monoisotopic (exact) mass is 199 g/mol. The van der Waals surface area contributed by atoms with Gasteiger partial charge in [0, 0.05) is 12.0 Å². The van der Waals surface area contributed by atoms with Crippen molar-refractivity contribution in [3.05, 3.63) is 35.9 Å². The van der Waals surface area contributed by atoms with Gasteiger partial charge in [0.05, 0.1) is 0 Å². The second kappa shape index (κ2) is 3.97. The van der Waals surface area contributed by atoms with E-state index in [9.17, 15) is 4.79 Å². The van der Waals surface area contributed by atoms with Gasteiger partial charge in [-0.2, -0.15) is 0 Å². The van der Waals surface area contributed by atoms with Gasteiger partial charge < -0.3 is 4.74 Å². The molecular weight excluding hydrogens is 190 g/mol. The highest BCUT2D eigenvalue weighted by Gasteiger charge is 2.28. The van der Waals surface area contributed by atoms with E-state index in [0.29, 0.717) is 5.90 Å². The highest BCUT2D eigenvalue weighted by Crippen LogP contribution is 2.14. The predicted octanol–water partition coefficient (Wildman–Crippen LogP) is 1.38. The Labute approximate surface area is 87.8 Å². The Bertz CT molecular complexity index is 442. The van der Waals surface area contributed by atoms with Crippen molar-refractivity contribution in [2.45, 2.75) is 12.5 Å². The summed E-state index contributed by atoms with van der Waals surface area (Å²) in [7, 11) is 0. The van der Waals surface area contributed by atoms with E-state index in [4.69, 9.17) is 11.2 Å². The lowest BCUT2D eigenvalue weighted by atomic mass is 10.2. The predicted molar refractivity (Wildman–Crippen MR) is 56.3 cm³/mol. The molecule has 2 rings (SSSR count). The molecule has 0 aromatic heterocycles. The molecular formula is C12H9NO2. The molecule has 3 heteroatoms. The zero-order chi connectivity index (χ0) is 10.7. The smallest absolute Gasteiger partial charge is 0.338 e. The van der Waals surface area contributed by atoms with E-state index < -0.39 is 6.04 Å². The van der Waals surface area contributed by atoms with Crippen molar-refractivity contribution in [1.82, 2.24) is 0 Å². The van der Waals surface area contributed by atoms with Crippen LogP contribution in [0.15, 0.2) is 35.3 Å². The number of benzene rings is 1. The van der Waals surface area contributed by atoms with E-state index in [-0.39, 0.29) is 12.4 Å². The second-order valence-corrected chi connectivity index (χ2v) is 3.15. The molecule has 1 atom stereocenters. The van der Waals surface area contributed by atoms with Crippen LogP contribution in [0.1, 0.15) is 12.0 Å². The van der Waals surface area contributed by atoms with Crippen LogP contribution in [0.3, 0.4) is 0 Å². The van der Waals surface area contributed by atoms with Crippen molar-refractivity contribution in [3.63, 3.8) is 0 Å². The van der Waals surface area contributed by atoms with E-state index in [1.54, 1.807) is 0 Å². The molecule has 0 saturated carbocycles. The summed E-state index contributed by atoms with van der Waals surface area (Å²) in [5, 5.41) is 0. The van der Waals surface area contributed by atoms with Gasteiger partial charge in [-0.3, -0.25) is 0 Å². The summed E-state index contributed by atoms with van der Waals surface area (Å²) in [6.07, 6.45) is 5.41. The highest BCUT2D eigenvalue weighted by molar-refractivity contribution is 6.06. The van der Waals surface area contributed by atoms with Gasteiger partial charge in [0.1, 0.15) is 0 Å². The Hall–Kier alpha value is -2.08. The third kappa shape index (κ3) is 1.89. The van der Waals surface area contributed by atoms with Crippen LogP contribution in [-0.4, -0.2) is 17.9 Å². The van der Waals surface area contributed by atoms with Crippen LogP contribution in [0.2, 0.25) is 0 Å². The molecule has 1 aromatic rings. The molecule has 0 bridgehead atoms. The largest absolute Gasteiger partial charge is 0.406 e. The Morgan fingerprint density at radius 2 is 2.13 bits per heavy atom. The van der Waals surface area contributed by atoms with Crippen molar-refractivity contribution in [2.24, 2.45) is 4.99 Å². The first-order valence-electron chi connectivity index (χ1n) is 4.59. The van der Waals surface area contributed by atoms with Gasteiger partial charge in [-0.15, -0.1) is 12.3 Å². The molecule has 1 aliphatic heterocycles. The van der Waals surface area contributed by atoms with Crippen molar-refractivity contribution in [2.75, 3.05) is 0 Å². The van der Waals surface area contributed by atoms with Crippen molar-refractivity contribution in [1.29, 1.82) is 0 Å². The van der Waals surface area contributed by atoms with Crippen molar-refractivity contribution >= 4 is 11.9 Å². The lowest BCUT2D eigenvalue weighted by Crippen LogP contribution is -2.14. The van der Waals surface area contributed by atoms with Gasteiger partial charge in [-0.25, -0.2) is 9.79 Å². The van der Waals surface area contributed by atoms with Crippen molar-refractivity contribution in [3.8, 4) is 12.3 Å². The van der Waals surface area contributed by atoms with E-state index >= 15 is 0 Å². The molecule has 1 heterocycles. The molecule has 0 amide bonds. The Balaban J connectivity index is 2.24. The van der Waals surface area contributed by atoms with Crippen LogP contribution in [0, 0.1) is 12.3 Å². The molecule has 74 valence electrons. The number of cyclic esters (lactones) is 1. The van der Waals surface area contributed by atoms with Gasteiger partial charge in [-0.1, -0.05) is 18.2 Å². The first-order valence-corrected chi connectivity index (χ1v) is 4.59. The molecule has 1 aliphatic rings. The average Bonchev–Trinajstić information content (AvgIpc) is 2.63. The van der Waals surface area contributed by atoms with E-state index in [0.717, 1.165) is 5.56 Å². The number of terminal acetylenes is 1. The number of carbonyl (C=O) groups is 1. The van der Waals surface area contributed by atoms with E-state index in [1.807, 2.05) is 30.3 Å². The molecule has 0 radical (unpaired) electrons. The fourth-order valence-electron chi connectivity index (χ4n) is 1.34. The summed E-state index contributed by atoms with van der Waals surface area (Å²) in [5.74, 6) is 2.40. The summed E-state index contributed by atoms with van der Waals surface area (Å²) in [6, 6.07) is 8.75. The molecule has 15 heavy (non-hydrogen) atoms. The number of aliphatic imine (C=N–C) groups is 1. The van der Waals surface area contributed by atoms with E-state index in [2.05, 4.69) is 10.9 Å². The number of hydrogen-bond donors (Lipinski definition) is 0. The maximum atomic E-state index is 11.3. The maximum absolute atomic E-state index is 11.3. The molecule has 1 aromatic carbocycles. The fraction of sp³-hybridized carbons (Fsp3) is 0.167. The van der Waals surface area contributed by atoms with Gasteiger partial charge in [-0.05, 0) is 12.1 Å². The van der Waals surface area contributed by atoms with Crippen LogP contribution < -0.4 is 0 Å². The van der Waals surface area contributed by atoms with Crippen LogP contribution in [0.25, 0.3) is 0 Å². The summed E-state index contributed by atoms with van der Waals surface area (Å²) in [4.78, 5) is 15.4. The third-order valence-electron chi connectivity index (χ3n) is 2.07. The zero-order valence-corrected chi connectivity index (χ0v) is 8.01. The second-order valence-electron chi connectivity index (χ2n) is 3.15. The van der Waals surface area contributed by atoms with Gasteiger partial charge in [0.2, 0.25) is 5.90 Å². The number of carbonyl (C=O) groups excluding carboxylic acids is 1. The Kier molecular flexibility index (Phi) is 2.51. The molecule has 3 nitrogen and oxygen atoms in total. The quantitative estimate of drug-likeness (QED) is 0.533. The minimum atomic E-state index is -0.537. The maximum Gasteiger partial charge on any atom is 0.338 e. The number of esters is 1. The lowest BCUT2D eigenvalue weighted by Gasteiger charge is -1.97. The Morgan fingerprint density at radius 1 is 1.40 bits per heavy atom. The number of rotatable bonds is 2. The molecule has 0 N–H and O–H groups in total. The van der Waals surface area contributed by atoms with Crippen LogP contribution in [-0.2, 0) is 9.53 Å². The molecule has 0 saturated heterocycles. The van der Waals surface area contributed by atoms with Crippen LogP contribution >= 0.6 is 0 Å². The minimum absolute atomic E-state index is 0.287. The first-order chi connectivity index (χ1) is 7.31. The molecule has 0 aliphatic carbocycles. The number of hydrogen-bond acceptors (Lipinski definition) is 3. The van der Waals surface area contributed by atoms with Gasteiger partial charge in [0.15, 0.2) is 6.04 Å². The normalized spacial score (nSPS) is 19.3. The first kappa shape index (κ1) is 9.47. The zero-order valence-electron chi connectivity index (χ0n) is 8.01. The SMILES string of the molecule is C#CC[C@@H]1N=C(c2ccccc2)OC1=O. The average molecular weight is 199 g/mol. The number of ether oxygens (including phenoxy) is 1. The standard InChI is InChI=1S/C12H9NO2/c1-2-6-10-12(14)15-11(13-10)9-7-4-3-5-8-9/h1,3-5,7-8,10H,6H2/t10-/m0/s1. The highest BCUT2D eigenvalue weighted by atomic mass is 16.6. The summed E-state index contributed by atoms with van der Waals surface area (Å²) < 4.78 is 5.03. The van der Waals surface area contributed by atoms with Crippen molar-refractivity contribution < 1.29 is 9.53 Å². The number of nitrogens with zero attached hydrogens (tertiary/aromatic N) is 1. The van der Waals surface area contributed by atoms with Crippen LogP contribution in [0.5, 0.6) is 0 Å². The fourth-order valence-corrected chi connectivity index (χ4v) is 1.34. The lowest BCUT2D eigenvalue weighted by molar-refractivity contribution is -0.134. The third-order valence-corrected chi connectivity index (χ3v) is 2.07. The minimum Gasteiger partial charge on any atom is -0.406 e. The molecule has 0 unspecified atom stereocenters. The summed E-state index contributed by atoms with van der Waals surface area (Å²) in [6.45, 7) is 0. The van der Waals surface area contributed by atoms with Gasteiger partial charge in [0.25, 0.3) is 0 Å². The Morgan fingerprint density at radius 3 is 2.80 bits per heavy atom. The molecule has 0 fully saturated rings.